The summed E-state index contributed by atoms with van der Waals surface area (Å²) in [5.74, 6) is 0. The maximum Gasteiger partial charge on any atom is 0.263 e. The zero-order chi connectivity index (χ0) is 17.6. The standard InChI is InChI=1S/C19H22N4OS/c1-3-22(4-2)13-14-23-18(24)16-11-8-12-20-17(16)25-19(23)21-15-9-6-5-7-10-15/h5-12H,3-4,13-14H2,1-2H3. The molecule has 3 aromatic rings. The summed E-state index contributed by atoms with van der Waals surface area (Å²) in [6.07, 6.45) is 1.71. The van der Waals surface area contributed by atoms with Crippen molar-refractivity contribution in [2.75, 3.05) is 19.6 Å². The van der Waals surface area contributed by atoms with Gasteiger partial charge < -0.3 is 4.90 Å². The van der Waals surface area contributed by atoms with Crippen molar-refractivity contribution in [1.29, 1.82) is 0 Å². The molecule has 3 rings (SSSR count). The molecule has 0 fully saturated rings. The number of benzene rings is 1. The molecule has 2 aromatic heterocycles. The Kier molecular flexibility index (Phi) is 5.73. The van der Waals surface area contributed by atoms with E-state index in [1.165, 1.54) is 11.3 Å². The minimum absolute atomic E-state index is 0.0244. The average Bonchev–Trinajstić information content (AvgIpc) is 2.65. The second kappa shape index (κ2) is 8.18. The van der Waals surface area contributed by atoms with Gasteiger partial charge in [0.1, 0.15) is 4.83 Å². The summed E-state index contributed by atoms with van der Waals surface area (Å²) in [4.78, 5) is 25.7. The van der Waals surface area contributed by atoms with Gasteiger partial charge in [-0.05, 0) is 37.4 Å². The molecular weight excluding hydrogens is 332 g/mol. The lowest BCUT2D eigenvalue weighted by Crippen LogP contribution is -2.37. The molecule has 2 heterocycles. The monoisotopic (exact) mass is 354 g/mol. The summed E-state index contributed by atoms with van der Waals surface area (Å²) < 4.78 is 1.78. The summed E-state index contributed by atoms with van der Waals surface area (Å²) in [5, 5.41) is 0.652. The Balaban J connectivity index is 2.14. The molecular formula is C19H22N4OS. The van der Waals surface area contributed by atoms with Gasteiger partial charge in [-0.2, -0.15) is 0 Å². The van der Waals surface area contributed by atoms with Crippen LogP contribution < -0.4 is 10.4 Å². The van der Waals surface area contributed by atoms with Gasteiger partial charge in [-0.15, -0.1) is 0 Å². The lowest BCUT2D eigenvalue weighted by molar-refractivity contribution is 0.288. The fraction of sp³-hybridized carbons (Fsp3) is 0.316. The van der Waals surface area contributed by atoms with E-state index in [9.17, 15) is 4.79 Å². The first-order valence-corrected chi connectivity index (χ1v) is 9.35. The molecule has 25 heavy (non-hydrogen) atoms. The number of hydrogen-bond donors (Lipinski definition) is 0. The molecule has 130 valence electrons. The van der Waals surface area contributed by atoms with Crippen LogP contribution in [0.25, 0.3) is 10.2 Å². The first-order valence-electron chi connectivity index (χ1n) is 8.53. The maximum absolute atomic E-state index is 13.0. The molecule has 0 spiro atoms. The molecule has 0 N–H and O–H groups in total. The topological polar surface area (TPSA) is 50.5 Å². The van der Waals surface area contributed by atoms with Crippen LogP contribution in [0.4, 0.5) is 5.69 Å². The van der Waals surface area contributed by atoms with E-state index in [-0.39, 0.29) is 5.56 Å². The van der Waals surface area contributed by atoms with E-state index >= 15 is 0 Å². The molecule has 0 amide bonds. The maximum atomic E-state index is 13.0. The normalized spacial score (nSPS) is 12.2. The number of likely N-dealkylation sites (N-methyl/N-ethyl adjacent to an activating group) is 1. The zero-order valence-electron chi connectivity index (χ0n) is 14.6. The summed E-state index contributed by atoms with van der Waals surface area (Å²) >= 11 is 1.46. The van der Waals surface area contributed by atoms with E-state index in [1.54, 1.807) is 16.8 Å². The molecule has 0 aliphatic rings. The van der Waals surface area contributed by atoms with Gasteiger partial charge in [-0.25, -0.2) is 9.98 Å². The van der Waals surface area contributed by atoms with Gasteiger partial charge in [-0.1, -0.05) is 43.4 Å². The van der Waals surface area contributed by atoms with Crippen molar-refractivity contribution in [3.63, 3.8) is 0 Å². The highest BCUT2D eigenvalue weighted by molar-refractivity contribution is 7.15. The third-order valence-electron chi connectivity index (χ3n) is 4.18. The van der Waals surface area contributed by atoms with Gasteiger partial charge in [0.05, 0.1) is 11.1 Å². The summed E-state index contributed by atoms with van der Waals surface area (Å²) in [6, 6.07) is 13.4. The van der Waals surface area contributed by atoms with Gasteiger partial charge in [0.15, 0.2) is 4.80 Å². The van der Waals surface area contributed by atoms with E-state index in [0.29, 0.717) is 16.7 Å². The van der Waals surface area contributed by atoms with Gasteiger partial charge in [0.25, 0.3) is 5.56 Å². The Labute approximate surface area is 150 Å². The zero-order valence-corrected chi connectivity index (χ0v) is 15.4. The molecule has 0 aliphatic carbocycles. The first-order chi connectivity index (χ1) is 12.2. The highest BCUT2D eigenvalue weighted by Gasteiger charge is 2.09. The summed E-state index contributed by atoms with van der Waals surface area (Å²) in [5.41, 5.74) is 0.814. The number of hydrogen-bond acceptors (Lipinski definition) is 5. The Morgan fingerprint density at radius 3 is 2.60 bits per heavy atom. The quantitative estimate of drug-likeness (QED) is 0.684. The molecule has 6 heteroatoms. The van der Waals surface area contributed by atoms with Crippen molar-refractivity contribution in [1.82, 2.24) is 14.5 Å². The Morgan fingerprint density at radius 2 is 1.88 bits per heavy atom. The molecule has 5 nitrogen and oxygen atoms in total. The molecule has 0 aliphatic heterocycles. The van der Waals surface area contributed by atoms with E-state index in [4.69, 9.17) is 4.99 Å². The van der Waals surface area contributed by atoms with E-state index in [1.807, 2.05) is 36.4 Å². The molecule has 0 unspecified atom stereocenters. The Morgan fingerprint density at radius 1 is 1.12 bits per heavy atom. The predicted molar refractivity (Wildman–Crippen MR) is 103 cm³/mol. The van der Waals surface area contributed by atoms with E-state index in [0.717, 1.165) is 30.2 Å². The van der Waals surface area contributed by atoms with Crippen LogP contribution in [0.15, 0.2) is 58.4 Å². The molecule has 0 atom stereocenters. The molecule has 1 aromatic carbocycles. The van der Waals surface area contributed by atoms with Gasteiger partial charge in [-0.3, -0.25) is 9.36 Å². The number of fused-ring (bicyclic) bond motifs is 1. The highest BCUT2D eigenvalue weighted by Crippen LogP contribution is 2.11. The van der Waals surface area contributed by atoms with E-state index in [2.05, 4.69) is 23.7 Å². The third-order valence-corrected chi connectivity index (χ3v) is 5.19. The van der Waals surface area contributed by atoms with Gasteiger partial charge in [0.2, 0.25) is 0 Å². The number of pyridine rings is 1. The molecule has 0 radical (unpaired) electrons. The minimum Gasteiger partial charge on any atom is -0.302 e. The molecule has 0 bridgehead atoms. The van der Waals surface area contributed by atoms with Crippen LogP contribution in [0, 0.1) is 0 Å². The van der Waals surface area contributed by atoms with Crippen molar-refractivity contribution in [2.45, 2.75) is 20.4 Å². The summed E-state index contributed by atoms with van der Waals surface area (Å²) in [6.45, 7) is 7.64. The SMILES string of the molecule is CCN(CC)CCn1c(=Nc2ccccc2)sc2ncccc2c1=O. The van der Waals surface area contributed by atoms with Crippen LogP contribution in [0.5, 0.6) is 0 Å². The van der Waals surface area contributed by atoms with Crippen LogP contribution in [0.1, 0.15) is 13.8 Å². The smallest absolute Gasteiger partial charge is 0.263 e. The van der Waals surface area contributed by atoms with Crippen molar-refractivity contribution in [3.05, 3.63) is 63.8 Å². The van der Waals surface area contributed by atoms with Crippen LogP contribution in [0.2, 0.25) is 0 Å². The van der Waals surface area contributed by atoms with Crippen molar-refractivity contribution >= 4 is 27.2 Å². The molecule has 0 saturated heterocycles. The second-order valence-corrected chi connectivity index (χ2v) is 6.63. The van der Waals surface area contributed by atoms with Crippen LogP contribution in [-0.2, 0) is 6.54 Å². The Bertz CT molecular complexity index is 958. The van der Waals surface area contributed by atoms with Crippen molar-refractivity contribution in [2.24, 2.45) is 4.99 Å². The van der Waals surface area contributed by atoms with Crippen molar-refractivity contribution in [3.8, 4) is 0 Å². The fourth-order valence-electron chi connectivity index (χ4n) is 2.68. The Hall–Kier alpha value is -2.31. The van der Waals surface area contributed by atoms with E-state index < -0.39 is 0 Å². The van der Waals surface area contributed by atoms with Crippen LogP contribution in [0.3, 0.4) is 0 Å². The lowest BCUT2D eigenvalue weighted by Gasteiger charge is -2.18. The number of aromatic nitrogens is 2. The van der Waals surface area contributed by atoms with Crippen LogP contribution >= 0.6 is 11.3 Å². The van der Waals surface area contributed by atoms with Crippen LogP contribution in [-0.4, -0.2) is 34.1 Å². The predicted octanol–water partition coefficient (Wildman–Crippen LogP) is 3.03. The number of para-hydroxylation sites is 1. The largest absolute Gasteiger partial charge is 0.302 e. The molecule has 0 saturated carbocycles. The van der Waals surface area contributed by atoms with Crippen molar-refractivity contribution < 1.29 is 0 Å². The number of nitrogens with zero attached hydrogens (tertiary/aromatic N) is 4. The van der Waals surface area contributed by atoms with Gasteiger partial charge >= 0.3 is 0 Å². The highest BCUT2D eigenvalue weighted by atomic mass is 32.1. The van der Waals surface area contributed by atoms with Gasteiger partial charge in [0, 0.05) is 19.3 Å². The number of rotatable bonds is 6. The lowest BCUT2D eigenvalue weighted by atomic mass is 10.3. The first kappa shape index (κ1) is 17.5. The summed E-state index contributed by atoms with van der Waals surface area (Å²) in [7, 11) is 0. The average molecular weight is 354 g/mol. The second-order valence-electron chi connectivity index (χ2n) is 5.67. The minimum atomic E-state index is -0.0244. The third kappa shape index (κ3) is 4.03. The fourth-order valence-corrected chi connectivity index (χ4v) is 3.67.